The summed E-state index contributed by atoms with van der Waals surface area (Å²) in [6.07, 6.45) is 0. The highest BCUT2D eigenvalue weighted by Gasteiger charge is 2.30. The van der Waals surface area contributed by atoms with Crippen molar-refractivity contribution in [3.05, 3.63) is 23.8 Å². The number of benzene rings is 1. The van der Waals surface area contributed by atoms with Gasteiger partial charge < -0.3 is 20.7 Å². The normalized spacial score (nSPS) is 18.6. The van der Waals surface area contributed by atoms with Crippen molar-refractivity contribution in [3.63, 3.8) is 0 Å². The summed E-state index contributed by atoms with van der Waals surface area (Å²) in [5.41, 5.74) is 8.13. The quantitative estimate of drug-likeness (QED) is 0.800. The summed E-state index contributed by atoms with van der Waals surface area (Å²) in [4.78, 5) is 15.4. The molecule has 6 heteroatoms. The van der Waals surface area contributed by atoms with Gasteiger partial charge in [-0.15, -0.1) is 11.8 Å². The Morgan fingerprint density at radius 3 is 3.05 bits per heavy atom. The molecular weight excluding hydrogens is 286 g/mol. The van der Waals surface area contributed by atoms with E-state index in [0.717, 1.165) is 17.0 Å². The second kappa shape index (κ2) is 7.68. The summed E-state index contributed by atoms with van der Waals surface area (Å²) in [5, 5.41) is 2.71. The molecule has 1 heterocycles. The number of ether oxygens (including phenoxy) is 1. The van der Waals surface area contributed by atoms with Gasteiger partial charge in [0, 0.05) is 36.3 Å². The van der Waals surface area contributed by atoms with Crippen molar-refractivity contribution in [2.75, 3.05) is 37.5 Å². The number of carbonyl (C=O) groups is 1. The van der Waals surface area contributed by atoms with Crippen molar-refractivity contribution >= 4 is 23.4 Å². The summed E-state index contributed by atoms with van der Waals surface area (Å²) >= 11 is 1.78. The summed E-state index contributed by atoms with van der Waals surface area (Å²) in [7, 11) is 1.66. The van der Waals surface area contributed by atoms with Crippen molar-refractivity contribution in [1.82, 2.24) is 5.32 Å². The fourth-order valence-corrected chi connectivity index (χ4v) is 3.44. The van der Waals surface area contributed by atoms with Gasteiger partial charge in [0.15, 0.2) is 0 Å². The lowest BCUT2D eigenvalue weighted by Gasteiger charge is -2.37. The van der Waals surface area contributed by atoms with Gasteiger partial charge in [-0.25, -0.2) is 0 Å². The number of nitrogens with zero attached hydrogens (tertiary/aromatic N) is 1. The number of anilines is 1. The number of thioether (sulfide) groups is 1. The van der Waals surface area contributed by atoms with E-state index in [0.29, 0.717) is 26.3 Å². The minimum absolute atomic E-state index is 0.0220. The van der Waals surface area contributed by atoms with Gasteiger partial charge in [-0.1, -0.05) is 13.0 Å². The molecule has 21 heavy (non-hydrogen) atoms. The molecule has 0 saturated carbocycles. The van der Waals surface area contributed by atoms with Crippen LogP contribution in [-0.2, 0) is 16.1 Å². The Morgan fingerprint density at radius 2 is 2.38 bits per heavy atom. The maximum Gasteiger partial charge on any atom is 0.244 e. The minimum Gasteiger partial charge on any atom is -0.377 e. The third-order valence-electron chi connectivity index (χ3n) is 3.60. The molecule has 1 fully saturated rings. The first-order valence-corrected chi connectivity index (χ1v) is 8.22. The molecule has 1 aliphatic rings. The lowest BCUT2D eigenvalue weighted by molar-refractivity contribution is -0.124. The van der Waals surface area contributed by atoms with E-state index < -0.39 is 0 Å². The average Bonchev–Trinajstić information content (AvgIpc) is 2.54. The smallest absolute Gasteiger partial charge is 0.244 e. The number of nitrogens with two attached hydrogens (primary N) is 1. The van der Waals surface area contributed by atoms with Crippen molar-refractivity contribution in [2.45, 2.75) is 24.4 Å². The number of rotatable bonds is 5. The molecule has 3 N–H and O–H groups in total. The van der Waals surface area contributed by atoms with Gasteiger partial charge in [0.05, 0.1) is 13.2 Å². The Bertz CT molecular complexity index is 496. The monoisotopic (exact) mass is 309 g/mol. The SMILES string of the molecule is CCSc1cccc(N2CCOCC2C(=O)NC)c1CN. The summed E-state index contributed by atoms with van der Waals surface area (Å²) in [6.45, 7) is 4.33. The van der Waals surface area contributed by atoms with Gasteiger partial charge in [0.2, 0.25) is 5.91 Å². The molecule has 1 unspecified atom stereocenters. The zero-order valence-electron chi connectivity index (χ0n) is 12.6. The van der Waals surface area contributed by atoms with Crippen LogP contribution in [0.1, 0.15) is 12.5 Å². The van der Waals surface area contributed by atoms with Gasteiger partial charge >= 0.3 is 0 Å². The van der Waals surface area contributed by atoms with E-state index in [2.05, 4.69) is 23.2 Å². The van der Waals surface area contributed by atoms with Gasteiger partial charge in [-0.2, -0.15) is 0 Å². The van der Waals surface area contributed by atoms with E-state index in [1.807, 2.05) is 12.1 Å². The van der Waals surface area contributed by atoms with Crippen LogP contribution in [0.4, 0.5) is 5.69 Å². The maximum absolute atomic E-state index is 12.1. The lowest BCUT2D eigenvalue weighted by atomic mass is 10.1. The van der Waals surface area contributed by atoms with Crippen LogP contribution in [0.15, 0.2) is 23.1 Å². The van der Waals surface area contributed by atoms with E-state index in [9.17, 15) is 4.79 Å². The topological polar surface area (TPSA) is 67.6 Å². The Kier molecular flexibility index (Phi) is 5.90. The molecule has 0 bridgehead atoms. The second-order valence-corrected chi connectivity index (χ2v) is 6.10. The lowest BCUT2D eigenvalue weighted by Crippen LogP contribution is -2.53. The van der Waals surface area contributed by atoms with E-state index in [4.69, 9.17) is 10.5 Å². The van der Waals surface area contributed by atoms with Crippen LogP contribution in [0.25, 0.3) is 0 Å². The molecule has 1 aliphatic heterocycles. The number of hydrogen-bond donors (Lipinski definition) is 2. The molecule has 0 radical (unpaired) electrons. The van der Waals surface area contributed by atoms with Gasteiger partial charge in [-0.05, 0) is 17.9 Å². The summed E-state index contributed by atoms with van der Waals surface area (Å²) in [5.74, 6) is 0.976. The largest absolute Gasteiger partial charge is 0.377 e. The second-order valence-electron chi connectivity index (χ2n) is 4.79. The molecule has 2 rings (SSSR count). The zero-order chi connectivity index (χ0) is 15.2. The number of hydrogen-bond acceptors (Lipinski definition) is 5. The van der Waals surface area contributed by atoms with Gasteiger partial charge in [0.1, 0.15) is 6.04 Å². The molecule has 1 amide bonds. The zero-order valence-corrected chi connectivity index (χ0v) is 13.4. The maximum atomic E-state index is 12.1. The van der Waals surface area contributed by atoms with Crippen LogP contribution >= 0.6 is 11.8 Å². The van der Waals surface area contributed by atoms with Crippen molar-refractivity contribution in [2.24, 2.45) is 5.73 Å². The van der Waals surface area contributed by atoms with E-state index in [1.54, 1.807) is 18.8 Å². The highest BCUT2D eigenvalue weighted by atomic mass is 32.2. The molecular formula is C15H23N3O2S. The third kappa shape index (κ3) is 3.51. The van der Waals surface area contributed by atoms with E-state index in [1.165, 1.54) is 4.90 Å². The van der Waals surface area contributed by atoms with Gasteiger partial charge in [-0.3, -0.25) is 4.79 Å². The Balaban J connectivity index is 2.38. The molecule has 0 aliphatic carbocycles. The van der Waals surface area contributed by atoms with Crippen molar-refractivity contribution in [1.29, 1.82) is 0 Å². The molecule has 5 nitrogen and oxygen atoms in total. The summed E-state index contributed by atoms with van der Waals surface area (Å²) in [6, 6.07) is 5.87. The van der Waals surface area contributed by atoms with Crippen molar-refractivity contribution in [3.8, 4) is 0 Å². The number of morpholine rings is 1. The first-order chi connectivity index (χ1) is 10.2. The van der Waals surface area contributed by atoms with Crippen LogP contribution in [0, 0.1) is 0 Å². The fourth-order valence-electron chi connectivity index (χ4n) is 2.59. The Labute approximate surface area is 130 Å². The molecule has 0 aromatic heterocycles. The number of amides is 1. The minimum atomic E-state index is -0.295. The average molecular weight is 309 g/mol. The van der Waals surface area contributed by atoms with Crippen LogP contribution < -0.4 is 16.0 Å². The number of carbonyl (C=O) groups excluding carboxylic acids is 1. The summed E-state index contributed by atoms with van der Waals surface area (Å²) < 4.78 is 5.47. The predicted octanol–water partition coefficient (Wildman–Crippen LogP) is 1.21. The molecule has 1 saturated heterocycles. The van der Waals surface area contributed by atoms with Crippen LogP contribution in [0.3, 0.4) is 0 Å². The molecule has 1 atom stereocenters. The van der Waals surface area contributed by atoms with Crippen LogP contribution in [-0.4, -0.2) is 44.5 Å². The van der Waals surface area contributed by atoms with Crippen LogP contribution in [0.2, 0.25) is 0 Å². The highest BCUT2D eigenvalue weighted by molar-refractivity contribution is 7.99. The standard InChI is InChI=1S/C15H23N3O2S/c1-3-21-14-6-4-5-12(11(14)9-16)18-7-8-20-10-13(18)15(19)17-2/h4-6,13H,3,7-10,16H2,1-2H3,(H,17,19). The molecule has 1 aromatic rings. The molecule has 0 spiro atoms. The molecule has 116 valence electrons. The van der Waals surface area contributed by atoms with E-state index >= 15 is 0 Å². The van der Waals surface area contributed by atoms with Crippen molar-refractivity contribution < 1.29 is 9.53 Å². The third-order valence-corrected chi connectivity index (χ3v) is 4.58. The fraction of sp³-hybridized carbons (Fsp3) is 0.533. The number of nitrogens with one attached hydrogen (secondary N) is 1. The Morgan fingerprint density at radius 1 is 1.57 bits per heavy atom. The first kappa shape index (κ1) is 16.1. The predicted molar refractivity (Wildman–Crippen MR) is 86.8 cm³/mol. The first-order valence-electron chi connectivity index (χ1n) is 7.23. The van der Waals surface area contributed by atoms with Gasteiger partial charge in [0.25, 0.3) is 0 Å². The Hall–Kier alpha value is -1.24. The van der Waals surface area contributed by atoms with E-state index in [-0.39, 0.29) is 11.9 Å². The van der Waals surface area contributed by atoms with Crippen LogP contribution in [0.5, 0.6) is 0 Å². The number of likely N-dealkylation sites (N-methyl/N-ethyl adjacent to an activating group) is 1. The highest BCUT2D eigenvalue weighted by Crippen LogP contribution is 2.32. The molecule has 1 aromatic carbocycles.